The van der Waals surface area contributed by atoms with Crippen molar-refractivity contribution >= 4 is 5.91 Å². The highest BCUT2D eigenvalue weighted by atomic mass is 16.1. The van der Waals surface area contributed by atoms with Gasteiger partial charge in [0.2, 0.25) is 5.91 Å². The molecule has 7 heteroatoms. The van der Waals surface area contributed by atoms with Crippen LogP contribution in [0.25, 0.3) is 0 Å². The molecule has 4 heterocycles. The Labute approximate surface area is 179 Å². The van der Waals surface area contributed by atoms with Crippen LogP contribution in [0.2, 0.25) is 0 Å². The number of piperidine rings is 2. The summed E-state index contributed by atoms with van der Waals surface area (Å²) in [4.78, 5) is 22.1. The van der Waals surface area contributed by atoms with Crippen molar-refractivity contribution < 1.29 is 4.79 Å². The third-order valence-electron chi connectivity index (χ3n) is 6.75. The molecule has 2 fully saturated rings. The lowest BCUT2D eigenvalue weighted by atomic mass is 9.93. The quantitative estimate of drug-likeness (QED) is 0.765. The molecule has 4 rings (SSSR count). The van der Waals surface area contributed by atoms with Crippen molar-refractivity contribution in [3.8, 4) is 0 Å². The molecule has 0 saturated carbocycles. The molecule has 2 aromatic heterocycles. The number of rotatable bonds is 6. The molecular formula is C23H34N6O. The van der Waals surface area contributed by atoms with Crippen LogP contribution < -0.4 is 5.32 Å². The summed E-state index contributed by atoms with van der Waals surface area (Å²) in [5, 5.41) is 10.4. The third-order valence-corrected chi connectivity index (χ3v) is 6.75. The topological polar surface area (TPSA) is 77.2 Å². The number of pyridine rings is 1. The number of carbonyl (C=O) groups is 1. The van der Waals surface area contributed by atoms with Gasteiger partial charge in [0.1, 0.15) is 0 Å². The first-order chi connectivity index (χ1) is 14.6. The molecule has 0 radical (unpaired) electrons. The van der Waals surface area contributed by atoms with Crippen molar-refractivity contribution in [2.45, 2.75) is 58.7 Å². The van der Waals surface area contributed by atoms with E-state index in [1.54, 1.807) is 0 Å². The maximum atomic E-state index is 12.8. The molecule has 1 amide bonds. The van der Waals surface area contributed by atoms with Gasteiger partial charge in [-0.15, -0.1) is 0 Å². The largest absolute Gasteiger partial charge is 0.352 e. The average molecular weight is 411 g/mol. The zero-order valence-electron chi connectivity index (χ0n) is 18.2. The van der Waals surface area contributed by atoms with Gasteiger partial charge in [-0.3, -0.25) is 24.7 Å². The summed E-state index contributed by atoms with van der Waals surface area (Å²) >= 11 is 0. The number of aryl methyl sites for hydroxylation is 2. The number of H-pyrrole nitrogens is 1. The fourth-order valence-corrected chi connectivity index (χ4v) is 4.90. The summed E-state index contributed by atoms with van der Waals surface area (Å²) in [5.41, 5.74) is 4.40. The second-order valence-electron chi connectivity index (χ2n) is 8.83. The highest BCUT2D eigenvalue weighted by molar-refractivity contribution is 5.79. The third kappa shape index (κ3) is 5.08. The first-order valence-electron chi connectivity index (χ1n) is 11.2. The van der Waals surface area contributed by atoms with Crippen LogP contribution in [-0.2, 0) is 17.9 Å². The average Bonchev–Trinajstić information content (AvgIpc) is 3.10. The van der Waals surface area contributed by atoms with Gasteiger partial charge in [-0.05, 0) is 70.8 Å². The molecule has 2 aliphatic heterocycles. The van der Waals surface area contributed by atoms with E-state index < -0.39 is 0 Å². The van der Waals surface area contributed by atoms with Crippen LogP contribution in [0.1, 0.15) is 48.2 Å². The fourth-order valence-electron chi connectivity index (χ4n) is 4.90. The van der Waals surface area contributed by atoms with E-state index in [9.17, 15) is 4.79 Å². The van der Waals surface area contributed by atoms with Crippen LogP contribution in [0.4, 0.5) is 0 Å². The van der Waals surface area contributed by atoms with Gasteiger partial charge in [0.25, 0.3) is 0 Å². The molecule has 162 valence electrons. The van der Waals surface area contributed by atoms with E-state index in [0.717, 1.165) is 62.5 Å². The summed E-state index contributed by atoms with van der Waals surface area (Å²) in [6.07, 6.45) is 8.26. The molecule has 0 aliphatic carbocycles. The SMILES string of the molecule is Cc1n[nH]c(C)c1CNC(=O)[C@@H]1CCCN(C2CCN(Cc3cccnc3)CC2)C1. The Bertz CT molecular complexity index is 808. The maximum Gasteiger partial charge on any atom is 0.224 e. The minimum atomic E-state index is 0.0969. The smallest absolute Gasteiger partial charge is 0.224 e. The molecule has 0 bridgehead atoms. The monoisotopic (exact) mass is 410 g/mol. The van der Waals surface area contributed by atoms with Crippen molar-refractivity contribution in [1.29, 1.82) is 0 Å². The van der Waals surface area contributed by atoms with Gasteiger partial charge in [-0.1, -0.05) is 6.07 Å². The lowest BCUT2D eigenvalue weighted by molar-refractivity contribution is -0.127. The van der Waals surface area contributed by atoms with Crippen molar-refractivity contribution in [2.24, 2.45) is 5.92 Å². The molecular weight excluding hydrogens is 376 g/mol. The van der Waals surface area contributed by atoms with Crippen molar-refractivity contribution in [3.63, 3.8) is 0 Å². The number of amides is 1. The van der Waals surface area contributed by atoms with E-state index in [0.29, 0.717) is 12.6 Å². The number of likely N-dealkylation sites (tertiary alicyclic amines) is 2. The minimum Gasteiger partial charge on any atom is -0.352 e. The van der Waals surface area contributed by atoms with Crippen molar-refractivity contribution in [3.05, 3.63) is 47.0 Å². The highest BCUT2D eigenvalue weighted by Gasteiger charge is 2.31. The first-order valence-corrected chi connectivity index (χ1v) is 11.2. The molecule has 2 aliphatic rings. The molecule has 0 spiro atoms. The van der Waals surface area contributed by atoms with Gasteiger partial charge in [-0.2, -0.15) is 5.10 Å². The summed E-state index contributed by atoms with van der Waals surface area (Å²) in [7, 11) is 0. The minimum absolute atomic E-state index is 0.0969. The van der Waals surface area contributed by atoms with Gasteiger partial charge in [0, 0.05) is 49.3 Å². The predicted octanol–water partition coefficient (Wildman–Crippen LogP) is 2.41. The van der Waals surface area contributed by atoms with Gasteiger partial charge >= 0.3 is 0 Å². The number of nitrogens with zero attached hydrogens (tertiary/aromatic N) is 4. The number of carbonyl (C=O) groups excluding carboxylic acids is 1. The van der Waals surface area contributed by atoms with E-state index in [2.05, 4.69) is 36.4 Å². The number of hydrogen-bond acceptors (Lipinski definition) is 5. The Kier molecular flexibility index (Phi) is 6.79. The highest BCUT2D eigenvalue weighted by Crippen LogP contribution is 2.25. The molecule has 2 aromatic rings. The molecule has 7 nitrogen and oxygen atoms in total. The van der Waals surface area contributed by atoms with Crippen LogP contribution in [0.3, 0.4) is 0 Å². The van der Waals surface area contributed by atoms with Crippen LogP contribution in [0, 0.1) is 19.8 Å². The molecule has 2 saturated heterocycles. The van der Waals surface area contributed by atoms with Crippen LogP contribution in [0.15, 0.2) is 24.5 Å². The number of hydrogen-bond donors (Lipinski definition) is 2. The maximum absolute atomic E-state index is 12.8. The van der Waals surface area contributed by atoms with E-state index in [1.807, 2.05) is 32.3 Å². The molecule has 30 heavy (non-hydrogen) atoms. The fraction of sp³-hybridized carbons (Fsp3) is 0.609. The molecule has 2 N–H and O–H groups in total. The summed E-state index contributed by atoms with van der Waals surface area (Å²) in [6, 6.07) is 4.76. The van der Waals surface area contributed by atoms with E-state index in [1.165, 1.54) is 18.4 Å². The normalized spacial score (nSPS) is 21.6. The lowest BCUT2D eigenvalue weighted by Gasteiger charge is -2.42. The standard InChI is InChI=1S/C23H34N6O/c1-17-22(18(2)27-26-17)14-25-23(30)20-6-4-10-29(16-20)21-7-11-28(12-8-21)15-19-5-3-9-24-13-19/h3,5,9,13,20-21H,4,6-8,10-12,14-16H2,1-2H3,(H,25,30)(H,26,27)/t20-/m1/s1. The molecule has 1 atom stereocenters. The van der Waals surface area contributed by atoms with E-state index in [4.69, 9.17) is 0 Å². The zero-order chi connectivity index (χ0) is 20.9. The second kappa shape index (κ2) is 9.71. The van der Waals surface area contributed by atoms with Gasteiger partial charge < -0.3 is 5.32 Å². The summed E-state index contributed by atoms with van der Waals surface area (Å²) in [6.45, 7) is 9.78. The van der Waals surface area contributed by atoms with Crippen LogP contribution in [0.5, 0.6) is 0 Å². The molecule has 0 unspecified atom stereocenters. The van der Waals surface area contributed by atoms with Crippen LogP contribution >= 0.6 is 0 Å². The number of aromatic nitrogens is 3. The first kappa shape index (κ1) is 21.0. The Hall–Kier alpha value is -2.25. The Balaban J connectivity index is 1.24. The van der Waals surface area contributed by atoms with Gasteiger partial charge in [-0.25, -0.2) is 0 Å². The Morgan fingerprint density at radius 1 is 1.23 bits per heavy atom. The number of nitrogens with one attached hydrogen (secondary N) is 2. The van der Waals surface area contributed by atoms with E-state index in [-0.39, 0.29) is 11.8 Å². The Morgan fingerprint density at radius 2 is 2.07 bits per heavy atom. The van der Waals surface area contributed by atoms with Crippen LogP contribution in [-0.4, -0.2) is 63.1 Å². The van der Waals surface area contributed by atoms with Crippen molar-refractivity contribution in [1.82, 2.24) is 30.3 Å². The Morgan fingerprint density at radius 3 is 2.77 bits per heavy atom. The predicted molar refractivity (Wildman–Crippen MR) is 117 cm³/mol. The van der Waals surface area contributed by atoms with Crippen molar-refractivity contribution in [2.75, 3.05) is 26.2 Å². The summed E-state index contributed by atoms with van der Waals surface area (Å²) in [5.74, 6) is 0.286. The molecule has 0 aromatic carbocycles. The van der Waals surface area contributed by atoms with E-state index >= 15 is 0 Å². The lowest BCUT2D eigenvalue weighted by Crippen LogP contribution is -2.50. The zero-order valence-corrected chi connectivity index (χ0v) is 18.2. The summed E-state index contributed by atoms with van der Waals surface area (Å²) < 4.78 is 0. The van der Waals surface area contributed by atoms with Gasteiger partial charge in [0.15, 0.2) is 0 Å². The second-order valence-corrected chi connectivity index (χ2v) is 8.83. The number of aromatic amines is 1. The van der Waals surface area contributed by atoms with Gasteiger partial charge in [0.05, 0.1) is 11.6 Å².